The van der Waals surface area contributed by atoms with Crippen molar-refractivity contribution in [3.8, 4) is 0 Å². The summed E-state index contributed by atoms with van der Waals surface area (Å²) in [5.41, 5.74) is 15.4. The SMILES string of the molecule is CC(O)C(NC(=O)C(CO)NC(=O)C(N)CCC(N)=O)C(=O)NC(CC(N)=O)C(=O)O. The zero-order valence-electron chi connectivity index (χ0n) is 16.7. The molecule has 31 heavy (non-hydrogen) atoms. The van der Waals surface area contributed by atoms with Crippen molar-refractivity contribution >= 4 is 35.5 Å². The Hall–Kier alpha value is -3.30. The summed E-state index contributed by atoms with van der Waals surface area (Å²) in [5, 5.41) is 34.3. The molecule has 0 aliphatic heterocycles. The van der Waals surface area contributed by atoms with Crippen molar-refractivity contribution in [1.29, 1.82) is 0 Å². The first kappa shape index (κ1) is 27.7. The summed E-state index contributed by atoms with van der Waals surface area (Å²) in [5.74, 6) is -6.42. The predicted octanol–water partition coefficient (Wildman–Crippen LogP) is -5.63. The number of hydrogen-bond acceptors (Lipinski definition) is 9. The molecular weight excluding hydrogens is 420 g/mol. The minimum Gasteiger partial charge on any atom is -0.480 e. The molecule has 12 N–H and O–H groups in total. The number of carbonyl (C=O) groups excluding carboxylic acids is 5. The summed E-state index contributed by atoms with van der Waals surface area (Å²) in [6, 6.07) is -6.20. The van der Waals surface area contributed by atoms with Gasteiger partial charge in [-0.3, -0.25) is 24.0 Å². The van der Waals surface area contributed by atoms with Crippen molar-refractivity contribution in [3.05, 3.63) is 0 Å². The first-order valence-corrected chi connectivity index (χ1v) is 9.05. The summed E-state index contributed by atoms with van der Waals surface area (Å²) in [4.78, 5) is 69.4. The Morgan fingerprint density at radius 2 is 1.42 bits per heavy atom. The van der Waals surface area contributed by atoms with Gasteiger partial charge in [-0.1, -0.05) is 0 Å². The molecule has 0 aliphatic carbocycles. The van der Waals surface area contributed by atoms with Crippen molar-refractivity contribution < 1.29 is 44.1 Å². The van der Waals surface area contributed by atoms with Crippen molar-refractivity contribution in [2.45, 2.75) is 56.5 Å². The Labute approximate surface area is 176 Å². The van der Waals surface area contributed by atoms with E-state index in [9.17, 15) is 39.0 Å². The van der Waals surface area contributed by atoms with Crippen LogP contribution in [0.25, 0.3) is 0 Å². The van der Waals surface area contributed by atoms with Crippen LogP contribution in [0.1, 0.15) is 26.2 Å². The number of aliphatic hydroxyl groups is 2. The summed E-state index contributed by atoms with van der Waals surface area (Å²) >= 11 is 0. The van der Waals surface area contributed by atoms with E-state index in [1.54, 1.807) is 0 Å². The van der Waals surface area contributed by atoms with Gasteiger partial charge in [-0.05, 0) is 13.3 Å². The van der Waals surface area contributed by atoms with Gasteiger partial charge >= 0.3 is 5.97 Å². The van der Waals surface area contributed by atoms with Crippen LogP contribution < -0.4 is 33.2 Å². The molecule has 0 saturated heterocycles. The van der Waals surface area contributed by atoms with E-state index in [0.717, 1.165) is 6.92 Å². The first-order valence-electron chi connectivity index (χ1n) is 9.05. The van der Waals surface area contributed by atoms with Crippen molar-refractivity contribution in [3.63, 3.8) is 0 Å². The van der Waals surface area contributed by atoms with Gasteiger partial charge in [-0.25, -0.2) is 4.79 Å². The molecule has 0 rings (SSSR count). The van der Waals surface area contributed by atoms with Crippen molar-refractivity contribution in [1.82, 2.24) is 16.0 Å². The molecule has 0 spiro atoms. The standard InChI is InChI=1S/C16H28N6O9/c1-6(24)12(15(29)20-8(16(30)31)4-11(19)26)22-14(28)9(5-23)21-13(27)7(17)2-3-10(18)25/h6-9,12,23-24H,2-5,17H2,1H3,(H2,18,25)(H2,19,26)(H,20,29)(H,21,27)(H,22,28)(H,30,31). The van der Waals surface area contributed by atoms with Gasteiger partial charge in [0.05, 0.1) is 25.2 Å². The quantitative estimate of drug-likeness (QED) is 0.121. The topological polar surface area (TPSA) is 277 Å². The monoisotopic (exact) mass is 448 g/mol. The number of amides is 5. The van der Waals surface area contributed by atoms with Gasteiger partial charge < -0.3 is 48.5 Å². The Bertz CT molecular complexity index is 699. The number of rotatable bonds is 14. The fourth-order valence-electron chi connectivity index (χ4n) is 2.22. The number of aliphatic hydroxyl groups excluding tert-OH is 2. The van der Waals surface area contributed by atoms with Crippen LogP contribution in [0, 0.1) is 0 Å². The largest absolute Gasteiger partial charge is 0.480 e. The van der Waals surface area contributed by atoms with E-state index >= 15 is 0 Å². The zero-order valence-corrected chi connectivity index (χ0v) is 16.7. The first-order chi connectivity index (χ1) is 14.3. The highest BCUT2D eigenvalue weighted by Gasteiger charge is 2.33. The van der Waals surface area contributed by atoms with Gasteiger partial charge in [-0.2, -0.15) is 0 Å². The normalized spacial score (nSPS) is 15.5. The van der Waals surface area contributed by atoms with Crippen LogP contribution in [-0.4, -0.2) is 87.7 Å². The molecule has 0 radical (unpaired) electrons. The summed E-state index contributed by atoms with van der Waals surface area (Å²) in [6.07, 6.45) is -2.57. The van der Waals surface area contributed by atoms with Crippen LogP contribution in [0.2, 0.25) is 0 Å². The van der Waals surface area contributed by atoms with Crippen LogP contribution in [0.3, 0.4) is 0 Å². The smallest absolute Gasteiger partial charge is 0.326 e. The zero-order chi connectivity index (χ0) is 24.3. The van der Waals surface area contributed by atoms with E-state index in [1.165, 1.54) is 0 Å². The van der Waals surface area contributed by atoms with Gasteiger partial charge in [0.1, 0.15) is 18.1 Å². The molecule has 5 unspecified atom stereocenters. The van der Waals surface area contributed by atoms with Crippen LogP contribution in [0.4, 0.5) is 0 Å². The maximum Gasteiger partial charge on any atom is 0.326 e. The third-order valence-electron chi connectivity index (χ3n) is 3.94. The number of carboxylic acids is 1. The van der Waals surface area contributed by atoms with Gasteiger partial charge in [0, 0.05) is 6.42 Å². The van der Waals surface area contributed by atoms with Crippen molar-refractivity contribution in [2.75, 3.05) is 6.61 Å². The highest BCUT2D eigenvalue weighted by molar-refractivity contribution is 5.95. The second-order valence-electron chi connectivity index (χ2n) is 6.65. The lowest BCUT2D eigenvalue weighted by Gasteiger charge is -2.25. The maximum absolute atomic E-state index is 12.3. The predicted molar refractivity (Wildman–Crippen MR) is 102 cm³/mol. The molecule has 0 aliphatic rings. The minimum absolute atomic E-state index is 0.115. The molecule has 0 saturated carbocycles. The van der Waals surface area contributed by atoms with E-state index in [0.29, 0.717) is 0 Å². The lowest BCUT2D eigenvalue weighted by molar-refractivity contribution is -0.144. The average Bonchev–Trinajstić information content (AvgIpc) is 2.66. The summed E-state index contributed by atoms with van der Waals surface area (Å²) in [6.45, 7) is 0.203. The van der Waals surface area contributed by atoms with E-state index in [1.807, 2.05) is 5.32 Å². The Kier molecular flexibility index (Phi) is 11.7. The van der Waals surface area contributed by atoms with E-state index in [4.69, 9.17) is 22.3 Å². The maximum atomic E-state index is 12.3. The molecule has 0 aromatic heterocycles. The molecule has 176 valence electrons. The molecular formula is C16H28N6O9. The number of primary amides is 2. The molecule has 15 nitrogen and oxygen atoms in total. The lowest BCUT2D eigenvalue weighted by atomic mass is 10.1. The number of nitrogens with one attached hydrogen (secondary N) is 3. The van der Waals surface area contributed by atoms with Crippen LogP contribution in [-0.2, 0) is 28.8 Å². The Morgan fingerprint density at radius 1 is 0.871 bits per heavy atom. The second-order valence-corrected chi connectivity index (χ2v) is 6.65. The van der Waals surface area contributed by atoms with E-state index in [2.05, 4.69) is 10.6 Å². The molecule has 5 amide bonds. The molecule has 0 fully saturated rings. The number of hydrogen-bond donors (Lipinski definition) is 9. The molecule has 15 heteroatoms. The van der Waals surface area contributed by atoms with Crippen LogP contribution in [0.15, 0.2) is 0 Å². The van der Waals surface area contributed by atoms with Gasteiger partial charge in [0.2, 0.25) is 29.5 Å². The lowest BCUT2D eigenvalue weighted by Crippen LogP contribution is -2.60. The van der Waals surface area contributed by atoms with Gasteiger partial charge in [0.15, 0.2) is 0 Å². The molecule has 0 aromatic carbocycles. The van der Waals surface area contributed by atoms with Gasteiger partial charge in [0.25, 0.3) is 0 Å². The highest BCUT2D eigenvalue weighted by Crippen LogP contribution is 2.00. The number of aliphatic carboxylic acids is 1. The third kappa shape index (κ3) is 10.3. The highest BCUT2D eigenvalue weighted by atomic mass is 16.4. The Morgan fingerprint density at radius 3 is 1.84 bits per heavy atom. The van der Waals surface area contributed by atoms with Crippen molar-refractivity contribution in [2.24, 2.45) is 17.2 Å². The fraction of sp³-hybridized carbons (Fsp3) is 0.625. The average molecular weight is 448 g/mol. The number of nitrogens with two attached hydrogens (primary N) is 3. The molecule has 0 aromatic rings. The summed E-state index contributed by atoms with van der Waals surface area (Å²) in [7, 11) is 0. The molecule has 0 bridgehead atoms. The summed E-state index contributed by atoms with van der Waals surface area (Å²) < 4.78 is 0. The Balaban J connectivity index is 5.16. The van der Waals surface area contributed by atoms with E-state index in [-0.39, 0.29) is 12.8 Å². The second kappa shape index (κ2) is 13.1. The number of carbonyl (C=O) groups is 6. The number of carboxylic acid groups (broad SMARTS) is 1. The molecule has 5 atom stereocenters. The van der Waals surface area contributed by atoms with E-state index < -0.39 is 78.8 Å². The minimum atomic E-state index is -1.71. The van der Waals surface area contributed by atoms with Gasteiger partial charge in [-0.15, -0.1) is 0 Å². The van der Waals surface area contributed by atoms with Crippen LogP contribution >= 0.6 is 0 Å². The molecule has 0 heterocycles. The fourth-order valence-corrected chi connectivity index (χ4v) is 2.22. The van der Waals surface area contributed by atoms with Crippen LogP contribution in [0.5, 0.6) is 0 Å². The third-order valence-corrected chi connectivity index (χ3v) is 3.94.